The van der Waals surface area contributed by atoms with E-state index < -0.39 is 0 Å². The van der Waals surface area contributed by atoms with Crippen LogP contribution in [0.4, 0.5) is 0 Å². The van der Waals surface area contributed by atoms with E-state index in [1.807, 2.05) is 12.1 Å². The Hall–Kier alpha value is -1.00. The summed E-state index contributed by atoms with van der Waals surface area (Å²) >= 11 is 1.67. The molecular formula is C17H21NO2S. The summed E-state index contributed by atoms with van der Waals surface area (Å²) in [5.74, 6) is -0.00912. The molecule has 3 aliphatic heterocycles. The van der Waals surface area contributed by atoms with Crippen molar-refractivity contribution >= 4 is 17.7 Å². The molecule has 0 aromatic heterocycles. The van der Waals surface area contributed by atoms with Gasteiger partial charge in [0.15, 0.2) is 0 Å². The van der Waals surface area contributed by atoms with Crippen LogP contribution in [0.2, 0.25) is 0 Å². The Kier molecular flexibility index (Phi) is 3.46. The quantitative estimate of drug-likeness (QED) is 0.786. The number of benzene rings is 1. The van der Waals surface area contributed by atoms with Crippen LogP contribution in [0.1, 0.15) is 31.2 Å². The summed E-state index contributed by atoms with van der Waals surface area (Å²) in [5, 5.41) is -0.0419. The molecule has 1 aromatic rings. The predicted molar refractivity (Wildman–Crippen MR) is 83.5 cm³/mol. The molecule has 0 saturated carbocycles. The first-order valence-electron chi connectivity index (χ1n) is 7.87. The fraction of sp³-hybridized carbons (Fsp3) is 0.588. The largest absolute Gasteiger partial charge is 0.461 e. The normalized spacial score (nSPS) is 34.7. The number of hydrogen-bond acceptors (Lipinski definition) is 4. The molecule has 0 spiro atoms. The summed E-state index contributed by atoms with van der Waals surface area (Å²) in [5.41, 5.74) is 1.29. The van der Waals surface area contributed by atoms with E-state index in [0.717, 1.165) is 19.3 Å². The molecule has 2 fully saturated rings. The maximum Gasteiger partial charge on any atom is 0.320 e. The highest BCUT2D eigenvalue weighted by Gasteiger charge is 2.41. The van der Waals surface area contributed by atoms with Crippen molar-refractivity contribution in [1.29, 1.82) is 0 Å². The van der Waals surface area contributed by atoms with E-state index >= 15 is 0 Å². The van der Waals surface area contributed by atoms with Gasteiger partial charge in [-0.2, -0.15) is 0 Å². The molecule has 4 atom stereocenters. The summed E-state index contributed by atoms with van der Waals surface area (Å²) in [6.45, 7) is 0. The third-order valence-corrected chi connectivity index (χ3v) is 6.54. The number of ether oxygens (including phenoxy) is 1. The van der Waals surface area contributed by atoms with Gasteiger partial charge in [-0.25, -0.2) is 0 Å². The van der Waals surface area contributed by atoms with Gasteiger partial charge in [-0.3, -0.25) is 4.79 Å². The van der Waals surface area contributed by atoms with Crippen LogP contribution in [0, 0.1) is 0 Å². The van der Waals surface area contributed by atoms with Crippen LogP contribution >= 0.6 is 11.8 Å². The van der Waals surface area contributed by atoms with E-state index in [2.05, 4.69) is 24.1 Å². The zero-order valence-corrected chi connectivity index (χ0v) is 13.1. The number of esters is 1. The monoisotopic (exact) mass is 303 g/mol. The second-order valence-electron chi connectivity index (χ2n) is 6.50. The zero-order chi connectivity index (χ0) is 14.4. The van der Waals surface area contributed by atoms with Crippen LogP contribution in [0.25, 0.3) is 0 Å². The Morgan fingerprint density at radius 2 is 1.95 bits per heavy atom. The highest BCUT2D eigenvalue weighted by atomic mass is 32.2. The minimum absolute atomic E-state index is 0.00912. The van der Waals surface area contributed by atoms with E-state index in [-0.39, 0.29) is 17.3 Å². The number of carbonyl (C=O) groups is 1. The minimum atomic E-state index is -0.0419. The van der Waals surface area contributed by atoms with Gasteiger partial charge >= 0.3 is 5.97 Å². The zero-order valence-electron chi connectivity index (χ0n) is 12.3. The lowest BCUT2D eigenvalue weighted by atomic mass is 10.0. The van der Waals surface area contributed by atoms with E-state index in [0.29, 0.717) is 12.1 Å². The number of hydrogen-bond donors (Lipinski definition) is 0. The van der Waals surface area contributed by atoms with Crippen molar-refractivity contribution in [3.63, 3.8) is 0 Å². The Bertz CT molecular complexity index is 522. The number of nitrogens with zero attached hydrogens (tertiary/aromatic N) is 1. The van der Waals surface area contributed by atoms with Crippen molar-refractivity contribution in [3.8, 4) is 0 Å². The number of rotatable bonds is 2. The lowest BCUT2D eigenvalue weighted by molar-refractivity contribution is -0.151. The van der Waals surface area contributed by atoms with Gasteiger partial charge in [-0.1, -0.05) is 18.2 Å². The first-order chi connectivity index (χ1) is 10.2. The Labute approximate surface area is 130 Å². The van der Waals surface area contributed by atoms with Crippen molar-refractivity contribution in [2.45, 2.75) is 60.4 Å². The van der Waals surface area contributed by atoms with Crippen LogP contribution in [0.15, 0.2) is 29.2 Å². The fourth-order valence-corrected chi connectivity index (χ4v) is 5.19. The van der Waals surface area contributed by atoms with E-state index in [1.54, 1.807) is 11.8 Å². The Morgan fingerprint density at radius 3 is 2.67 bits per heavy atom. The second kappa shape index (κ2) is 5.33. The molecule has 1 aromatic carbocycles. The lowest BCUT2D eigenvalue weighted by Gasteiger charge is -2.36. The van der Waals surface area contributed by atoms with E-state index in [9.17, 15) is 4.79 Å². The van der Waals surface area contributed by atoms with Crippen molar-refractivity contribution in [3.05, 3.63) is 29.8 Å². The van der Waals surface area contributed by atoms with Crippen molar-refractivity contribution in [1.82, 2.24) is 4.90 Å². The Balaban J connectivity index is 1.37. The molecule has 0 radical (unpaired) electrons. The summed E-state index contributed by atoms with van der Waals surface area (Å²) in [6.07, 6.45) is 5.51. The SMILES string of the molecule is CN1[C@@H]2CC[C@H]1CC(OC(=O)C1Cc3ccccc3S1)C2. The van der Waals surface area contributed by atoms with E-state index in [4.69, 9.17) is 4.74 Å². The average molecular weight is 303 g/mol. The summed E-state index contributed by atoms with van der Waals surface area (Å²) in [7, 11) is 2.21. The fourth-order valence-electron chi connectivity index (χ4n) is 4.01. The van der Waals surface area contributed by atoms with Gasteiger partial charge in [0.05, 0.1) is 0 Å². The molecular weight excluding hydrogens is 282 g/mol. The standard InChI is InChI=1S/C17H21NO2S/c1-18-12-6-7-13(18)10-14(9-12)20-17(19)16-8-11-4-2-3-5-15(11)21-16/h2-5,12-14,16H,6-10H2,1H3/t12-,13+,14?,16?. The summed E-state index contributed by atoms with van der Waals surface area (Å²) in [4.78, 5) is 16.2. The third kappa shape index (κ3) is 2.49. The summed E-state index contributed by atoms with van der Waals surface area (Å²) < 4.78 is 5.85. The molecule has 2 saturated heterocycles. The number of thioether (sulfide) groups is 1. The van der Waals surface area contributed by atoms with Gasteiger partial charge in [0.25, 0.3) is 0 Å². The molecule has 0 amide bonds. The van der Waals surface area contributed by atoms with Gasteiger partial charge in [-0.15, -0.1) is 11.8 Å². The maximum absolute atomic E-state index is 12.4. The van der Waals surface area contributed by atoms with Crippen molar-refractivity contribution in [2.75, 3.05) is 7.05 Å². The first-order valence-corrected chi connectivity index (χ1v) is 8.75. The number of fused-ring (bicyclic) bond motifs is 3. The molecule has 2 unspecified atom stereocenters. The topological polar surface area (TPSA) is 29.5 Å². The molecule has 3 nitrogen and oxygen atoms in total. The molecule has 0 aliphatic carbocycles. The minimum Gasteiger partial charge on any atom is -0.461 e. The van der Waals surface area contributed by atoms with Gasteiger partial charge in [0.2, 0.25) is 0 Å². The molecule has 4 heteroatoms. The van der Waals surface area contributed by atoms with Crippen LogP contribution in [-0.2, 0) is 16.0 Å². The molecule has 3 aliphatic rings. The predicted octanol–water partition coefficient (Wildman–Crippen LogP) is 2.87. The lowest BCUT2D eigenvalue weighted by Crippen LogP contribution is -2.44. The molecule has 2 bridgehead atoms. The first kappa shape index (κ1) is 13.6. The molecule has 0 N–H and O–H groups in total. The van der Waals surface area contributed by atoms with Crippen LogP contribution in [0.3, 0.4) is 0 Å². The van der Waals surface area contributed by atoms with Gasteiger partial charge in [0.1, 0.15) is 11.4 Å². The second-order valence-corrected chi connectivity index (χ2v) is 7.74. The average Bonchev–Trinajstić information content (AvgIpc) is 2.98. The maximum atomic E-state index is 12.4. The van der Waals surface area contributed by atoms with Crippen LogP contribution in [0.5, 0.6) is 0 Å². The van der Waals surface area contributed by atoms with E-state index in [1.165, 1.54) is 23.3 Å². The van der Waals surface area contributed by atoms with Crippen LogP contribution in [-0.4, -0.2) is 41.4 Å². The molecule has 4 rings (SSSR count). The van der Waals surface area contributed by atoms with Crippen molar-refractivity contribution < 1.29 is 9.53 Å². The van der Waals surface area contributed by atoms with Gasteiger partial charge < -0.3 is 9.64 Å². The van der Waals surface area contributed by atoms with Crippen molar-refractivity contribution in [2.24, 2.45) is 0 Å². The highest BCUT2D eigenvalue weighted by Crippen LogP contribution is 2.39. The van der Waals surface area contributed by atoms with Crippen LogP contribution < -0.4 is 0 Å². The molecule has 21 heavy (non-hydrogen) atoms. The molecule has 3 heterocycles. The smallest absolute Gasteiger partial charge is 0.320 e. The third-order valence-electron chi connectivity index (χ3n) is 5.25. The Morgan fingerprint density at radius 1 is 1.24 bits per heavy atom. The summed E-state index contributed by atoms with van der Waals surface area (Å²) in [6, 6.07) is 9.54. The molecule has 112 valence electrons. The number of piperidine rings is 1. The van der Waals surface area contributed by atoms with Gasteiger partial charge in [0, 0.05) is 17.0 Å². The number of carbonyl (C=O) groups excluding carboxylic acids is 1. The highest BCUT2D eigenvalue weighted by molar-refractivity contribution is 8.01. The van der Waals surface area contributed by atoms with Gasteiger partial charge in [-0.05, 0) is 50.8 Å².